The van der Waals surface area contributed by atoms with Crippen molar-refractivity contribution < 1.29 is 4.42 Å². The van der Waals surface area contributed by atoms with Gasteiger partial charge in [0.15, 0.2) is 17.2 Å². The van der Waals surface area contributed by atoms with E-state index in [-0.39, 0.29) is 0 Å². The minimum absolute atomic E-state index is 0.463. The molecular weight excluding hydrogens is 811 g/mol. The Morgan fingerprint density at radius 3 is 1.61 bits per heavy atom. The van der Waals surface area contributed by atoms with Crippen molar-refractivity contribution in [2.24, 2.45) is 0 Å². The van der Waals surface area contributed by atoms with E-state index in [2.05, 4.69) is 147 Å². The van der Waals surface area contributed by atoms with E-state index in [0.29, 0.717) is 28.7 Å². The van der Waals surface area contributed by atoms with Crippen LogP contribution >= 0.6 is 0 Å². The third-order valence-electron chi connectivity index (χ3n) is 13.1. The summed E-state index contributed by atoms with van der Waals surface area (Å²) in [5.74, 6) is 1.50. The van der Waals surface area contributed by atoms with E-state index in [1.165, 1.54) is 0 Å². The number of rotatable bonds is 5. The van der Waals surface area contributed by atoms with Crippen LogP contribution in [0, 0.1) is 11.3 Å². The molecule has 0 aliphatic carbocycles. The molecule has 0 atom stereocenters. The Hall–Kier alpha value is -9.32. The van der Waals surface area contributed by atoms with Gasteiger partial charge in [-0.15, -0.1) is 0 Å². The molecule has 0 aliphatic heterocycles. The molecule has 0 saturated carbocycles. The lowest BCUT2D eigenvalue weighted by molar-refractivity contribution is 0.671. The molecule has 66 heavy (non-hydrogen) atoms. The molecule has 0 saturated heterocycles. The van der Waals surface area contributed by atoms with Crippen LogP contribution in [0.25, 0.3) is 127 Å². The largest absolute Gasteiger partial charge is 0.454 e. The van der Waals surface area contributed by atoms with Gasteiger partial charge in [0.2, 0.25) is 5.95 Å². The van der Waals surface area contributed by atoms with E-state index in [1.807, 2.05) is 72.8 Å². The molecule has 306 valence electrons. The monoisotopic (exact) mass is 843 g/mol. The van der Waals surface area contributed by atoms with Crippen LogP contribution in [0.4, 0.5) is 0 Å². The number of nitrogens with zero attached hydrogens (tertiary/aromatic N) is 7. The molecule has 0 radical (unpaired) electrons. The van der Waals surface area contributed by atoms with Crippen LogP contribution in [-0.4, -0.2) is 28.7 Å². The zero-order chi connectivity index (χ0) is 43.5. The fourth-order valence-corrected chi connectivity index (χ4v) is 10.3. The van der Waals surface area contributed by atoms with Gasteiger partial charge < -0.3 is 13.6 Å². The quantitative estimate of drug-likeness (QED) is 0.172. The Bertz CT molecular complexity index is 4310. The molecule has 9 aromatic carbocycles. The second-order valence-corrected chi connectivity index (χ2v) is 16.7. The predicted molar refractivity (Wildman–Crippen MR) is 266 cm³/mol. The number of furan rings is 1. The normalized spacial score (nSPS) is 11.9. The lowest BCUT2D eigenvalue weighted by atomic mass is 10.1. The highest BCUT2D eigenvalue weighted by molar-refractivity contribution is 6.24. The van der Waals surface area contributed by atoms with Crippen LogP contribution in [-0.2, 0) is 0 Å². The molecule has 0 N–H and O–H groups in total. The number of nitriles is 1. The van der Waals surface area contributed by atoms with Crippen molar-refractivity contribution in [2.45, 2.75) is 0 Å². The summed E-state index contributed by atoms with van der Waals surface area (Å²) in [5.41, 5.74) is 11.5. The first-order chi connectivity index (χ1) is 32.7. The Kier molecular flexibility index (Phi) is 7.59. The molecule has 0 spiro atoms. The van der Waals surface area contributed by atoms with E-state index in [9.17, 15) is 5.26 Å². The summed E-state index contributed by atoms with van der Waals surface area (Å²) in [5, 5.41) is 19.7. The zero-order valence-electron chi connectivity index (χ0n) is 35.1. The first-order valence-electron chi connectivity index (χ1n) is 21.9. The minimum atomic E-state index is 0.463. The Balaban J connectivity index is 0.993. The number of hydrogen-bond acceptors (Lipinski definition) is 5. The van der Waals surface area contributed by atoms with E-state index in [1.54, 1.807) is 0 Å². The number of fused-ring (bicyclic) bond motifs is 13. The van der Waals surface area contributed by atoms with Crippen LogP contribution < -0.4 is 0 Å². The molecule has 0 fully saturated rings. The van der Waals surface area contributed by atoms with Crippen molar-refractivity contribution >= 4 is 87.4 Å². The van der Waals surface area contributed by atoms with Gasteiger partial charge in [0, 0.05) is 59.9 Å². The van der Waals surface area contributed by atoms with Crippen molar-refractivity contribution in [3.05, 3.63) is 206 Å². The summed E-state index contributed by atoms with van der Waals surface area (Å²) in [6.45, 7) is 0. The summed E-state index contributed by atoms with van der Waals surface area (Å²) in [6, 6.07) is 71.3. The van der Waals surface area contributed by atoms with Gasteiger partial charge in [0.1, 0.15) is 11.7 Å². The summed E-state index contributed by atoms with van der Waals surface area (Å²) in [4.78, 5) is 15.3. The van der Waals surface area contributed by atoms with Gasteiger partial charge in [-0.05, 0) is 72.8 Å². The molecule has 8 nitrogen and oxygen atoms in total. The van der Waals surface area contributed by atoms with Crippen molar-refractivity contribution in [2.75, 3.05) is 0 Å². The van der Waals surface area contributed by atoms with Gasteiger partial charge >= 0.3 is 0 Å². The smallest absolute Gasteiger partial charge is 0.238 e. The molecule has 0 unspecified atom stereocenters. The summed E-state index contributed by atoms with van der Waals surface area (Å²) in [6.07, 6.45) is 0. The van der Waals surface area contributed by atoms with Crippen molar-refractivity contribution in [3.8, 4) is 46.2 Å². The molecule has 0 amide bonds. The maximum Gasteiger partial charge on any atom is 0.238 e. The van der Waals surface area contributed by atoms with Crippen molar-refractivity contribution in [3.63, 3.8) is 0 Å². The second-order valence-electron chi connectivity index (χ2n) is 16.7. The van der Waals surface area contributed by atoms with Gasteiger partial charge in [-0.2, -0.15) is 15.2 Å². The Morgan fingerprint density at radius 1 is 0.394 bits per heavy atom. The fraction of sp³-hybridized carbons (Fsp3) is 0. The first kappa shape index (κ1) is 36.2. The highest BCUT2D eigenvalue weighted by atomic mass is 16.3. The molecule has 8 heteroatoms. The highest BCUT2D eigenvalue weighted by Crippen LogP contribution is 2.44. The molecule has 5 aromatic heterocycles. The summed E-state index contributed by atoms with van der Waals surface area (Å²) >= 11 is 0. The molecular formula is C58H33N7O. The zero-order valence-corrected chi connectivity index (χ0v) is 35.1. The van der Waals surface area contributed by atoms with Gasteiger partial charge in [-0.1, -0.05) is 127 Å². The van der Waals surface area contributed by atoms with Crippen LogP contribution in [0.5, 0.6) is 0 Å². The molecule has 0 bridgehead atoms. The number of aromatic nitrogens is 6. The van der Waals surface area contributed by atoms with E-state index in [4.69, 9.17) is 19.4 Å². The van der Waals surface area contributed by atoms with Gasteiger partial charge in [-0.3, -0.25) is 4.57 Å². The number of hydrogen-bond donors (Lipinski definition) is 0. The number of para-hydroxylation sites is 5. The third-order valence-corrected chi connectivity index (χ3v) is 13.1. The first-order valence-corrected chi connectivity index (χ1v) is 21.9. The molecule has 14 aromatic rings. The Labute approximate surface area is 376 Å². The fourth-order valence-electron chi connectivity index (χ4n) is 10.3. The van der Waals surface area contributed by atoms with Crippen LogP contribution in [0.15, 0.2) is 205 Å². The highest BCUT2D eigenvalue weighted by Gasteiger charge is 2.24. The summed E-state index contributed by atoms with van der Waals surface area (Å²) in [7, 11) is 0. The van der Waals surface area contributed by atoms with E-state index >= 15 is 0 Å². The van der Waals surface area contributed by atoms with E-state index < -0.39 is 0 Å². The maximum atomic E-state index is 11.1. The number of benzene rings is 9. The van der Waals surface area contributed by atoms with Crippen molar-refractivity contribution in [1.82, 2.24) is 28.7 Å². The summed E-state index contributed by atoms with van der Waals surface area (Å²) < 4.78 is 13.6. The second kappa shape index (κ2) is 13.8. The predicted octanol–water partition coefficient (Wildman–Crippen LogP) is 14.3. The average Bonchev–Trinajstić information content (AvgIpc) is 4.12. The maximum absolute atomic E-state index is 11.1. The van der Waals surface area contributed by atoms with Crippen LogP contribution in [0.2, 0.25) is 0 Å². The van der Waals surface area contributed by atoms with Crippen LogP contribution in [0.1, 0.15) is 5.56 Å². The SMILES string of the molecule is N#Cc1cc(-c2nc(-c3ccccc3)nc(-n3c4ccccc4c4ccccc43)n2)ccc1-n1c2ccccc2c2ccc3c4cc5c(cc4oc3c21)c1ccccc1n5-c1ccccc1. The van der Waals surface area contributed by atoms with Crippen LogP contribution in [0.3, 0.4) is 0 Å². The van der Waals surface area contributed by atoms with E-state index in [0.717, 1.165) is 104 Å². The topological polar surface area (TPSA) is 90.4 Å². The minimum Gasteiger partial charge on any atom is -0.454 e. The standard InChI is InChI=1S/C58H33N7O/c59-34-37-31-36(57-60-56(35-15-3-1-4-16-35)61-58(62-57)65-50-25-13-7-19-39(50)40-20-8-14-26-51(40)65)27-30-47(37)64-49-24-12-9-21-41(49)43-28-29-44-46-32-52-45(33-53(46)66-55(44)54(43)64)42-22-10-11-23-48(42)63(52)38-17-5-2-6-18-38/h1-33H. The van der Waals surface area contributed by atoms with Gasteiger partial charge in [0.05, 0.1) is 44.4 Å². The molecule has 5 heterocycles. The Morgan fingerprint density at radius 2 is 0.939 bits per heavy atom. The van der Waals surface area contributed by atoms with Gasteiger partial charge in [-0.25, -0.2) is 4.98 Å². The average molecular weight is 844 g/mol. The van der Waals surface area contributed by atoms with Crippen molar-refractivity contribution in [1.29, 1.82) is 5.26 Å². The lowest BCUT2D eigenvalue weighted by Gasteiger charge is -2.13. The molecule has 0 aliphatic rings. The lowest BCUT2D eigenvalue weighted by Crippen LogP contribution is -2.06. The third kappa shape index (κ3) is 5.16. The van der Waals surface area contributed by atoms with Gasteiger partial charge in [0.25, 0.3) is 0 Å². The molecule has 14 rings (SSSR count).